The van der Waals surface area contributed by atoms with E-state index in [0.717, 1.165) is 16.9 Å². The average molecular weight is 362 g/mol. The Balaban J connectivity index is 1.57. The number of ether oxygens (including phenoxy) is 1. The van der Waals surface area contributed by atoms with Crippen LogP contribution in [0.1, 0.15) is 25.8 Å². The second-order valence-corrected chi connectivity index (χ2v) is 6.32. The molecule has 0 unspecified atom stereocenters. The number of carbonyl (C=O) groups excluding carboxylic acids is 2. The lowest BCUT2D eigenvalue weighted by atomic mass is 10.2. The zero-order chi connectivity index (χ0) is 16.9. The predicted molar refractivity (Wildman–Crippen MR) is 91.6 cm³/mol. The first-order chi connectivity index (χ1) is 11.6. The van der Waals surface area contributed by atoms with Crippen molar-refractivity contribution in [3.8, 4) is 0 Å². The topological polar surface area (TPSA) is 68.5 Å². The molecule has 3 aromatic rings. The lowest BCUT2D eigenvalue weighted by Gasteiger charge is -2.03. The summed E-state index contributed by atoms with van der Waals surface area (Å²) in [5.41, 5.74) is 0.843. The molecule has 0 atom stereocenters. The van der Waals surface area contributed by atoms with Crippen molar-refractivity contribution in [3.63, 3.8) is 0 Å². The minimum absolute atomic E-state index is 0.155. The Hall–Kier alpha value is -2.57. The van der Waals surface area contributed by atoms with Gasteiger partial charge in [0.05, 0.1) is 11.3 Å². The van der Waals surface area contributed by atoms with Crippen LogP contribution < -0.4 is 5.32 Å². The molecule has 0 spiro atoms. The molecule has 0 fully saturated rings. The molecule has 0 saturated carbocycles. The summed E-state index contributed by atoms with van der Waals surface area (Å²) in [6, 6.07) is 13.5. The Morgan fingerprint density at radius 2 is 1.92 bits per heavy atom. The molecule has 1 aromatic carbocycles. The van der Waals surface area contributed by atoms with Gasteiger partial charge < -0.3 is 14.5 Å². The SMILES string of the molecule is O=C(Nc1ccc(C(=O)OCc2ccc(Cl)cc2)s1)c1ccco1. The van der Waals surface area contributed by atoms with E-state index < -0.39 is 5.97 Å². The number of hydrogen-bond donors (Lipinski definition) is 1. The second-order valence-electron chi connectivity index (χ2n) is 4.80. The molecule has 0 aliphatic heterocycles. The van der Waals surface area contributed by atoms with Crippen LogP contribution in [0.3, 0.4) is 0 Å². The number of nitrogens with one attached hydrogen (secondary N) is 1. The van der Waals surface area contributed by atoms with Crippen molar-refractivity contribution in [2.75, 3.05) is 5.32 Å². The van der Waals surface area contributed by atoms with Crippen molar-refractivity contribution < 1.29 is 18.7 Å². The number of furan rings is 1. The van der Waals surface area contributed by atoms with Crippen LogP contribution in [-0.2, 0) is 11.3 Å². The molecule has 0 aliphatic carbocycles. The fraction of sp³-hybridized carbons (Fsp3) is 0.0588. The van der Waals surface area contributed by atoms with Gasteiger partial charge in [0.15, 0.2) is 5.76 Å². The van der Waals surface area contributed by atoms with Crippen LogP contribution in [0.2, 0.25) is 5.02 Å². The summed E-state index contributed by atoms with van der Waals surface area (Å²) in [6.45, 7) is 0.155. The molecular formula is C17H12ClNO4S. The number of hydrogen-bond acceptors (Lipinski definition) is 5. The van der Waals surface area contributed by atoms with Crippen LogP contribution >= 0.6 is 22.9 Å². The van der Waals surface area contributed by atoms with E-state index in [1.807, 2.05) is 0 Å². The van der Waals surface area contributed by atoms with Crippen molar-refractivity contribution in [2.24, 2.45) is 0 Å². The molecule has 0 aliphatic rings. The molecule has 122 valence electrons. The van der Waals surface area contributed by atoms with Crippen LogP contribution in [0, 0.1) is 0 Å². The van der Waals surface area contributed by atoms with Gasteiger partial charge in [-0.1, -0.05) is 23.7 Å². The van der Waals surface area contributed by atoms with Gasteiger partial charge in [0.25, 0.3) is 5.91 Å². The number of carbonyl (C=O) groups is 2. The first kappa shape index (κ1) is 16.3. The fourth-order valence-corrected chi connectivity index (χ4v) is 2.82. The molecular weight excluding hydrogens is 350 g/mol. The van der Waals surface area contributed by atoms with E-state index in [4.69, 9.17) is 20.8 Å². The standard InChI is InChI=1S/C17H12ClNO4S/c18-12-5-3-11(4-6-12)10-23-17(21)14-7-8-15(24-14)19-16(20)13-2-1-9-22-13/h1-9H,10H2,(H,19,20). The van der Waals surface area contributed by atoms with E-state index in [-0.39, 0.29) is 18.3 Å². The maximum Gasteiger partial charge on any atom is 0.348 e. The van der Waals surface area contributed by atoms with Gasteiger partial charge in [0.2, 0.25) is 0 Å². The summed E-state index contributed by atoms with van der Waals surface area (Å²) in [6.07, 6.45) is 1.42. The zero-order valence-electron chi connectivity index (χ0n) is 12.3. The van der Waals surface area contributed by atoms with Gasteiger partial charge in [-0.3, -0.25) is 4.79 Å². The van der Waals surface area contributed by atoms with Crippen molar-refractivity contribution in [1.82, 2.24) is 0 Å². The second kappa shape index (κ2) is 7.33. The number of rotatable bonds is 5. The van der Waals surface area contributed by atoms with Gasteiger partial charge in [0.1, 0.15) is 11.5 Å². The van der Waals surface area contributed by atoms with Gasteiger partial charge in [-0.05, 0) is 42.0 Å². The molecule has 5 nitrogen and oxygen atoms in total. The highest BCUT2D eigenvalue weighted by Crippen LogP contribution is 2.24. The number of thiophene rings is 1. The van der Waals surface area contributed by atoms with Crippen LogP contribution in [0.15, 0.2) is 59.2 Å². The van der Waals surface area contributed by atoms with E-state index in [1.54, 1.807) is 48.5 Å². The molecule has 0 saturated heterocycles. The number of amides is 1. The maximum absolute atomic E-state index is 12.0. The molecule has 24 heavy (non-hydrogen) atoms. The lowest BCUT2D eigenvalue weighted by Crippen LogP contribution is -2.09. The third-order valence-electron chi connectivity index (χ3n) is 3.07. The van der Waals surface area contributed by atoms with Crippen molar-refractivity contribution in [1.29, 1.82) is 0 Å². The molecule has 0 bridgehead atoms. The van der Waals surface area contributed by atoms with Crippen molar-refractivity contribution >= 4 is 39.8 Å². The van der Waals surface area contributed by atoms with Crippen LogP contribution in [0.5, 0.6) is 0 Å². The summed E-state index contributed by atoms with van der Waals surface area (Å²) >= 11 is 6.94. The number of benzene rings is 1. The van der Waals surface area contributed by atoms with Gasteiger partial charge in [-0.15, -0.1) is 11.3 Å². The Labute approximate surface area is 146 Å². The van der Waals surface area contributed by atoms with Crippen LogP contribution in [-0.4, -0.2) is 11.9 Å². The highest BCUT2D eigenvalue weighted by atomic mass is 35.5. The third-order valence-corrected chi connectivity index (χ3v) is 4.30. The third kappa shape index (κ3) is 4.04. The summed E-state index contributed by atoms with van der Waals surface area (Å²) in [4.78, 5) is 24.3. The summed E-state index contributed by atoms with van der Waals surface area (Å²) in [5, 5.41) is 3.83. The molecule has 2 aromatic heterocycles. The van der Waals surface area contributed by atoms with E-state index in [0.29, 0.717) is 14.9 Å². The molecule has 2 heterocycles. The van der Waals surface area contributed by atoms with E-state index >= 15 is 0 Å². The molecule has 7 heteroatoms. The largest absolute Gasteiger partial charge is 0.459 e. The number of anilines is 1. The van der Waals surface area contributed by atoms with Gasteiger partial charge in [-0.2, -0.15) is 0 Å². The highest BCUT2D eigenvalue weighted by molar-refractivity contribution is 7.18. The lowest BCUT2D eigenvalue weighted by molar-refractivity contribution is 0.0478. The van der Waals surface area contributed by atoms with Crippen molar-refractivity contribution in [2.45, 2.75) is 6.61 Å². The minimum Gasteiger partial charge on any atom is -0.459 e. The average Bonchev–Trinajstić information content (AvgIpc) is 3.26. The van der Waals surface area contributed by atoms with E-state index in [9.17, 15) is 9.59 Å². The van der Waals surface area contributed by atoms with Crippen LogP contribution in [0.4, 0.5) is 5.00 Å². The highest BCUT2D eigenvalue weighted by Gasteiger charge is 2.14. The van der Waals surface area contributed by atoms with Gasteiger partial charge >= 0.3 is 5.97 Å². The number of halogens is 1. The first-order valence-corrected chi connectivity index (χ1v) is 8.17. The van der Waals surface area contributed by atoms with E-state index in [1.165, 1.54) is 6.26 Å². The Morgan fingerprint density at radius 1 is 1.12 bits per heavy atom. The first-order valence-electron chi connectivity index (χ1n) is 6.98. The minimum atomic E-state index is -0.451. The summed E-state index contributed by atoms with van der Waals surface area (Å²) in [5.74, 6) is -0.619. The zero-order valence-corrected chi connectivity index (χ0v) is 13.9. The normalized spacial score (nSPS) is 10.4. The Bertz CT molecular complexity index is 840. The maximum atomic E-state index is 12.0. The smallest absolute Gasteiger partial charge is 0.348 e. The molecule has 0 radical (unpaired) electrons. The monoisotopic (exact) mass is 361 g/mol. The predicted octanol–water partition coefficient (Wildman–Crippen LogP) is 4.60. The Morgan fingerprint density at radius 3 is 2.62 bits per heavy atom. The van der Waals surface area contributed by atoms with Gasteiger partial charge in [-0.25, -0.2) is 4.79 Å². The number of esters is 1. The summed E-state index contributed by atoms with van der Waals surface area (Å²) in [7, 11) is 0. The summed E-state index contributed by atoms with van der Waals surface area (Å²) < 4.78 is 10.3. The van der Waals surface area contributed by atoms with Gasteiger partial charge in [0, 0.05) is 5.02 Å². The van der Waals surface area contributed by atoms with Crippen molar-refractivity contribution in [3.05, 3.63) is 76.0 Å². The molecule has 3 rings (SSSR count). The Kier molecular flexibility index (Phi) is 4.98. The van der Waals surface area contributed by atoms with E-state index in [2.05, 4.69) is 5.32 Å². The molecule has 1 amide bonds. The quantitative estimate of drug-likeness (QED) is 0.674. The van der Waals surface area contributed by atoms with Crippen LogP contribution in [0.25, 0.3) is 0 Å². The molecule has 1 N–H and O–H groups in total. The fourth-order valence-electron chi connectivity index (χ4n) is 1.90.